The van der Waals surface area contributed by atoms with E-state index >= 15 is 4.39 Å². The van der Waals surface area contributed by atoms with E-state index in [9.17, 15) is 19.6 Å². The van der Waals surface area contributed by atoms with Crippen LogP contribution in [0.4, 0.5) is 19.6 Å². The monoisotopic (exact) mass is 564 g/mol. The van der Waals surface area contributed by atoms with E-state index in [4.69, 9.17) is 10.5 Å². The van der Waals surface area contributed by atoms with E-state index in [0.717, 1.165) is 11.3 Å². The number of aromatic nitrogens is 2. The summed E-state index contributed by atoms with van der Waals surface area (Å²) in [4.78, 5) is 24.7. The molecule has 2 atom stereocenters. The van der Waals surface area contributed by atoms with Gasteiger partial charge in [0.05, 0.1) is 22.9 Å². The van der Waals surface area contributed by atoms with Gasteiger partial charge < -0.3 is 25.4 Å². The van der Waals surface area contributed by atoms with Crippen molar-refractivity contribution >= 4 is 49.1 Å². The summed E-state index contributed by atoms with van der Waals surface area (Å²) in [6.45, 7) is 5.64. The normalized spacial score (nSPS) is 16.9. The number of hydrogen-bond donors (Lipinski definition) is 2. The van der Waals surface area contributed by atoms with Crippen molar-refractivity contribution in [3.63, 3.8) is 0 Å². The molecule has 0 aliphatic carbocycles. The van der Waals surface area contributed by atoms with E-state index < -0.39 is 11.6 Å². The van der Waals surface area contributed by atoms with Gasteiger partial charge in [0.25, 0.3) is 0 Å². The van der Waals surface area contributed by atoms with Crippen LogP contribution in [0.25, 0.3) is 32.1 Å². The summed E-state index contributed by atoms with van der Waals surface area (Å²) in [7, 11) is 1.81. The van der Waals surface area contributed by atoms with Crippen molar-refractivity contribution in [3.05, 3.63) is 54.1 Å². The predicted molar refractivity (Wildman–Crippen MR) is 150 cm³/mol. The van der Waals surface area contributed by atoms with E-state index in [1.165, 1.54) is 18.2 Å². The van der Waals surface area contributed by atoms with Gasteiger partial charge >= 0.3 is 6.01 Å². The SMILES string of the molecule is C=CC(=O)N1CCC(N(C)c2nc(OCCO)nc3c(F)c(-c4ccc(F)c5sc(N)c(C#N)c45)ccc23)C1C. The third-order valence-electron chi connectivity index (χ3n) is 7.31. The Morgan fingerprint density at radius 2 is 2.10 bits per heavy atom. The number of aliphatic hydroxyl groups excluding tert-OH is 1. The smallest absolute Gasteiger partial charge is 0.319 e. The molecule has 3 N–H and O–H groups in total. The van der Waals surface area contributed by atoms with Crippen LogP contribution in [0.5, 0.6) is 6.01 Å². The lowest BCUT2D eigenvalue weighted by Crippen LogP contribution is -2.43. The Morgan fingerprint density at radius 3 is 2.80 bits per heavy atom. The fourth-order valence-corrected chi connectivity index (χ4v) is 6.30. The van der Waals surface area contributed by atoms with Gasteiger partial charge in [-0.1, -0.05) is 18.7 Å². The van der Waals surface area contributed by atoms with Crippen LogP contribution < -0.4 is 15.4 Å². The predicted octanol–water partition coefficient (Wildman–Crippen LogP) is 4.23. The Morgan fingerprint density at radius 1 is 1.35 bits per heavy atom. The maximum absolute atomic E-state index is 16.4. The zero-order chi connectivity index (χ0) is 28.7. The first-order chi connectivity index (χ1) is 19.2. The fraction of sp³-hybridized carbons (Fsp3) is 0.286. The van der Waals surface area contributed by atoms with Gasteiger partial charge in [0.15, 0.2) is 5.82 Å². The molecule has 2 aromatic carbocycles. The van der Waals surface area contributed by atoms with Gasteiger partial charge in [0.1, 0.15) is 34.8 Å². The Balaban J connectivity index is 1.69. The Hall–Kier alpha value is -4.34. The maximum Gasteiger partial charge on any atom is 0.319 e. The summed E-state index contributed by atoms with van der Waals surface area (Å²) >= 11 is 0.932. The number of benzene rings is 2. The number of nitrogen functional groups attached to an aromatic ring is 1. The van der Waals surface area contributed by atoms with Gasteiger partial charge in [0, 0.05) is 36.0 Å². The number of thiophene rings is 1. The number of rotatable bonds is 7. The average molecular weight is 565 g/mol. The number of anilines is 2. The summed E-state index contributed by atoms with van der Waals surface area (Å²) in [5.41, 5.74) is 6.41. The molecule has 1 amide bonds. The van der Waals surface area contributed by atoms with Gasteiger partial charge in [-0.3, -0.25) is 4.79 Å². The van der Waals surface area contributed by atoms with Crippen LogP contribution >= 0.6 is 11.3 Å². The molecule has 1 aliphatic rings. The molecule has 9 nitrogen and oxygen atoms in total. The van der Waals surface area contributed by atoms with Crippen molar-refractivity contribution in [2.75, 3.05) is 37.4 Å². The highest BCUT2D eigenvalue weighted by Gasteiger charge is 2.36. The summed E-state index contributed by atoms with van der Waals surface area (Å²) in [6, 6.07) is 7.39. The summed E-state index contributed by atoms with van der Waals surface area (Å²) in [5.74, 6) is -1.06. The minimum Gasteiger partial charge on any atom is -0.461 e. The summed E-state index contributed by atoms with van der Waals surface area (Å²) in [5, 5.41) is 19.7. The lowest BCUT2D eigenvalue weighted by atomic mass is 9.97. The van der Waals surface area contributed by atoms with Crippen molar-refractivity contribution in [1.82, 2.24) is 14.9 Å². The number of likely N-dealkylation sites (N-methyl/N-ethyl adjacent to an activating group) is 1. The molecule has 206 valence electrons. The van der Waals surface area contributed by atoms with Gasteiger partial charge in [-0.05, 0) is 37.1 Å². The molecule has 1 saturated heterocycles. The number of hydrogen-bond acceptors (Lipinski definition) is 9. The molecule has 0 saturated carbocycles. The number of carbonyl (C=O) groups excluding carboxylic acids is 1. The molecule has 4 aromatic rings. The molecule has 0 bridgehead atoms. The number of nitriles is 1. The largest absolute Gasteiger partial charge is 0.461 e. The van der Waals surface area contributed by atoms with Crippen LogP contribution in [-0.4, -0.2) is 64.8 Å². The third kappa shape index (κ3) is 4.37. The van der Waals surface area contributed by atoms with Crippen LogP contribution in [0.15, 0.2) is 36.9 Å². The van der Waals surface area contributed by atoms with E-state index in [2.05, 4.69) is 16.5 Å². The van der Waals surface area contributed by atoms with E-state index in [1.807, 2.05) is 24.9 Å². The standard InChI is InChI=1S/C28H26F2N6O3S/c1-4-21(38)36-10-9-20(14(36)2)35(3)27-17-6-5-16(23(30)24(17)33-28(34-27)39-12-11-37)15-7-8-19(29)25-22(15)18(13-31)26(32)40-25/h4-8,14,20,37H,1,9-12,32H2,2-3H3. The van der Waals surface area contributed by atoms with Crippen molar-refractivity contribution < 1.29 is 23.4 Å². The van der Waals surface area contributed by atoms with E-state index in [0.29, 0.717) is 29.7 Å². The van der Waals surface area contributed by atoms with Gasteiger partial charge in [-0.2, -0.15) is 15.2 Å². The minimum atomic E-state index is -0.715. The van der Waals surface area contributed by atoms with Crippen LogP contribution in [0, 0.1) is 23.0 Å². The van der Waals surface area contributed by atoms with E-state index in [-0.39, 0.29) is 68.9 Å². The molecule has 2 unspecified atom stereocenters. The van der Waals surface area contributed by atoms with Crippen LogP contribution in [0.3, 0.4) is 0 Å². The molecule has 1 fully saturated rings. The highest BCUT2D eigenvalue weighted by Crippen LogP contribution is 2.43. The first kappa shape index (κ1) is 27.2. The number of nitrogens with two attached hydrogens (primary N) is 1. The van der Waals surface area contributed by atoms with Crippen LogP contribution in [0.1, 0.15) is 18.9 Å². The molecular formula is C28H26F2N6O3S. The van der Waals surface area contributed by atoms with Gasteiger partial charge in [-0.25, -0.2) is 8.78 Å². The lowest BCUT2D eigenvalue weighted by molar-refractivity contribution is -0.126. The number of carbonyl (C=O) groups is 1. The van der Waals surface area contributed by atoms with Crippen molar-refractivity contribution in [2.24, 2.45) is 0 Å². The van der Waals surface area contributed by atoms with Crippen LogP contribution in [-0.2, 0) is 4.79 Å². The third-order valence-corrected chi connectivity index (χ3v) is 8.34. The summed E-state index contributed by atoms with van der Waals surface area (Å²) in [6.07, 6.45) is 1.93. The topological polar surface area (TPSA) is 129 Å². The van der Waals surface area contributed by atoms with Crippen molar-refractivity contribution in [2.45, 2.75) is 25.4 Å². The van der Waals surface area contributed by atoms with Gasteiger partial charge in [-0.15, -0.1) is 11.3 Å². The molecule has 40 heavy (non-hydrogen) atoms. The minimum absolute atomic E-state index is 0.0499. The molecule has 0 spiro atoms. The molecular weight excluding hydrogens is 538 g/mol. The highest BCUT2D eigenvalue weighted by atomic mass is 32.1. The first-order valence-corrected chi connectivity index (χ1v) is 13.3. The van der Waals surface area contributed by atoms with Crippen LogP contribution in [0.2, 0.25) is 0 Å². The fourth-order valence-electron chi connectivity index (χ4n) is 5.36. The maximum atomic E-state index is 16.4. The molecule has 1 aliphatic heterocycles. The quantitative estimate of drug-likeness (QED) is 0.319. The Kier molecular flexibility index (Phi) is 7.27. The molecule has 3 heterocycles. The number of halogens is 2. The molecule has 12 heteroatoms. The first-order valence-electron chi connectivity index (χ1n) is 12.5. The molecule has 2 aromatic heterocycles. The number of ether oxygens (including phenoxy) is 1. The zero-order valence-electron chi connectivity index (χ0n) is 21.8. The number of aliphatic hydroxyl groups is 1. The molecule has 0 radical (unpaired) electrons. The summed E-state index contributed by atoms with van der Waals surface area (Å²) < 4.78 is 36.6. The Labute approximate surface area is 232 Å². The zero-order valence-corrected chi connectivity index (χ0v) is 22.6. The molecule has 5 rings (SSSR count). The second kappa shape index (κ2) is 10.7. The second-order valence-corrected chi connectivity index (χ2v) is 10.5. The highest BCUT2D eigenvalue weighted by molar-refractivity contribution is 7.23. The van der Waals surface area contributed by atoms with Gasteiger partial charge in [0.2, 0.25) is 5.91 Å². The second-order valence-electron chi connectivity index (χ2n) is 9.42. The van der Waals surface area contributed by atoms with Crippen molar-refractivity contribution in [1.29, 1.82) is 5.26 Å². The lowest BCUT2D eigenvalue weighted by Gasteiger charge is -2.32. The number of likely N-dealkylation sites (tertiary alicyclic amines) is 1. The average Bonchev–Trinajstić information content (AvgIpc) is 3.51. The number of fused-ring (bicyclic) bond motifs is 2. The Bertz CT molecular complexity index is 1700. The van der Waals surface area contributed by atoms with Crippen molar-refractivity contribution in [3.8, 4) is 23.2 Å². The number of nitrogens with zero attached hydrogens (tertiary/aromatic N) is 5. The number of amides is 1. The van der Waals surface area contributed by atoms with E-state index in [1.54, 1.807) is 17.0 Å².